The average Bonchev–Trinajstić information content (AvgIpc) is 3.35. The number of Topliss-reactive ketones (excluding diaryl/α,β-unsaturated/α-hetero) is 1. The molecule has 1 N–H and O–H groups in total. The van der Waals surface area contributed by atoms with Crippen molar-refractivity contribution in [3.05, 3.63) is 71.4 Å². The lowest BCUT2D eigenvalue weighted by Crippen LogP contribution is -2.13. The minimum absolute atomic E-state index is 0.122. The molecule has 134 valence electrons. The van der Waals surface area contributed by atoms with Gasteiger partial charge in [-0.05, 0) is 30.4 Å². The summed E-state index contributed by atoms with van der Waals surface area (Å²) in [6, 6.07) is 16.5. The molecule has 0 aliphatic heterocycles. The Balaban J connectivity index is 1.72. The first kappa shape index (κ1) is 17.4. The molecular weight excluding hydrogens is 338 g/mol. The van der Waals surface area contributed by atoms with E-state index in [9.17, 15) is 4.79 Å². The second kappa shape index (κ2) is 7.71. The lowest BCUT2D eigenvalue weighted by molar-refractivity contribution is 0.0991. The Morgan fingerprint density at radius 2 is 1.88 bits per heavy atom. The van der Waals surface area contributed by atoms with Crippen molar-refractivity contribution >= 4 is 28.4 Å². The van der Waals surface area contributed by atoms with E-state index in [2.05, 4.69) is 42.2 Å². The molecule has 1 heterocycles. The van der Waals surface area contributed by atoms with Crippen LogP contribution in [0.4, 0.5) is 0 Å². The summed E-state index contributed by atoms with van der Waals surface area (Å²) in [5.41, 5.74) is 4.32. The topological polar surface area (TPSA) is 32.9 Å². The van der Waals surface area contributed by atoms with Gasteiger partial charge in [-0.15, -0.1) is 11.8 Å². The van der Waals surface area contributed by atoms with Crippen LogP contribution in [-0.4, -0.2) is 16.0 Å². The van der Waals surface area contributed by atoms with E-state index in [0.717, 1.165) is 28.5 Å². The predicted octanol–water partition coefficient (Wildman–Crippen LogP) is 6.33. The number of aromatic nitrogens is 1. The van der Waals surface area contributed by atoms with Crippen molar-refractivity contribution in [2.45, 2.75) is 49.5 Å². The molecule has 0 saturated heterocycles. The number of rotatable bonds is 6. The molecule has 2 nitrogen and oxygen atoms in total. The fraction of sp³-hybridized carbons (Fsp3) is 0.348. The predicted molar refractivity (Wildman–Crippen MR) is 111 cm³/mol. The van der Waals surface area contributed by atoms with Crippen molar-refractivity contribution in [2.75, 3.05) is 0 Å². The van der Waals surface area contributed by atoms with Gasteiger partial charge in [0.2, 0.25) is 0 Å². The number of aromatic amines is 1. The molecule has 2 aromatic carbocycles. The molecule has 1 aliphatic carbocycles. The van der Waals surface area contributed by atoms with E-state index in [4.69, 9.17) is 0 Å². The lowest BCUT2D eigenvalue weighted by atomic mass is 10.0. The Kier molecular flexibility index (Phi) is 5.16. The van der Waals surface area contributed by atoms with Gasteiger partial charge in [-0.1, -0.05) is 68.3 Å². The standard InChI is InChI=1S/C23H25NOS/c1-2-16-11-8-14-19-20(15-24-21(16)19)22(25)23(17-9-4-3-5-10-17)26-18-12-6-7-13-18/h3-5,8-11,14-15,18,23-24H,2,6-7,12-13H2,1H3/t23-/m1/s1. The van der Waals surface area contributed by atoms with Gasteiger partial charge < -0.3 is 4.98 Å². The molecule has 0 radical (unpaired) electrons. The monoisotopic (exact) mass is 363 g/mol. The lowest BCUT2D eigenvalue weighted by Gasteiger charge is -2.19. The van der Waals surface area contributed by atoms with Crippen molar-refractivity contribution < 1.29 is 4.79 Å². The quantitative estimate of drug-likeness (QED) is 0.519. The van der Waals surface area contributed by atoms with Gasteiger partial charge in [0.1, 0.15) is 0 Å². The van der Waals surface area contributed by atoms with Crippen LogP contribution < -0.4 is 0 Å². The number of hydrogen-bond acceptors (Lipinski definition) is 2. The van der Waals surface area contributed by atoms with Crippen LogP contribution in [0, 0.1) is 0 Å². The van der Waals surface area contributed by atoms with Crippen molar-refractivity contribution in [1.29, 1.82) is 0 Å². The number of para-hydroxylation sites is 1. The Morgan fingerprint density at radius 3 is 2.62 bits per heavy atom. The molecule has 1 aliphatic rings. The minimum atomic E-state index is -0.122. The zero-order valence-electron chi connectivity index (χ0n) is 15.2. The van der Waals surface area contributed by atoms with E-state index in [-0.39, 0.29) is 11.0 Å². The van der Waals surface area contributed by atoms with Gasteiger partial charge >= 0.3 is 0 Å². The maximum Gasteiger partial charge on any atom is 0.182 e. The van der Waals surface area contributed by atoms with Gasteiger partial charge in [-0.3, -0.25) is 4.79 Å². The molecule has 1 fully saturated rings. The average molecular weight is 364 g/mol. The van der Waals surface area contributed by atoms with Crippen LogP contribution in [0.3, 0.4) is 0 Å². The van der Waals surface area contributed by atoms with Gasteiger partial charge in [-0.2, -0.15) is 0 Å². The van der Waals surface area contributed by atoms with Crippen molar-refractivity contribution in [3.8, 4) is 0 Å². The Bertz CT molecular complexity index is 893. The summed E-state index contributed by atoms with van der Waals surface area (Å²) in [6.07, 6.45) is 7.92. The van der Waals surface area contributed by atoms with Gasteiger partial charge in [-0.25, -0.2) is 0 Å². The van der Waals surface area contributed by atoms with E-state index in [1.54, 1.807) is 0 Å². The molecule has 1 aromatic heterocycles. The maximum atomic E-state index is 13.6. The Morgan fingerprint density at radius 1 is 1.12 bits per heavy atom. The molecule has 0 unspecified atom stereocenters. The number of nitrogens with one attached hydrogen (secondary N) is 1. The van der Waals surface area contributed by atoms with Crippen LogP contribution in [0.2, 0.25) is 0 Å². The second-order valence-electron chi connectivity index (χ2n) is 7.09. The summed E-state index contributed by atoms with van der Waals surface area (Å²) in [5, 5.41) is 1.53. The number of aryl methyl sites for hydroxylation is 1. The highest BCUT2D eigenvalue weighted by atomic mass is 32.2. The molecule has 1 atom stereocenters. The highest BCUT2D eigenvalue weighted by molar-refractivity contribution is 8.00. The summed E-state index contributed by atoms with van der Waals surface area (Å²) in [7, 11) is 0. The highest BCUT2D eigenvalue weighted by Crippen LogP contribution is 2.42. The first-order chi connectivity index (χ1) is 12.8. The smallest absolute Gasteiger partial charge is 0.182 e. The summed E-state index contributed by atoms with van der Waals surface area (Å²) in [4.78, 5) is 16.9. The van der Waals surface area contributed by atoms with Crippen LogP contribution in [-0.2, 0) is 6.42 Å². The van der Waals surface area contributed by atoms with Gasteiger partial charge in [0.25, 0.3) is 0 Å². The third-order valence-electron chi connectivity index (χ3n) is 5.42. The zero-order valence-corrected chi connectivity index (χ0v) is 16.0. The van der Waals surface area contributed by atoms with E-state index in [1.165, 1.54) is 31.2 Å². The van der Waals surface area contributed by atoms with E-state index in [1.807, 2.05) is 36.2 Å². The van der Waals surface area contributed by atoms with Crippen LogP contribution >= 0.6 is 11.8 Å². The first-order valence-electron chi connectivity index (χ1n) is 9.61. The van der Waals surface area contributed by atoms with Crippen LogP contribution in [0.25, 0.3) is 10.9 Å². The number of thioether (sulfide) groups is 1. The number of H-pyrrole nitrogens is 1. The highest BCUT2D eigenvalue weighted by Gasteiger charge is 2.29. The summed E-state index contributed by atoms with van der Waals surface area (Å²) in [6.45, 7) is 2.15. The molecule has 0 amide bonds. The van der Waals surface area contributed by atoms with Crippen molar-refractivity contribution in [1.82, 2.24) is 4.98 Å². The fourth-order valence-electron chi connectivity index (χ4n) is 3.99. The third-order valence-corrected chi connectivity index (χ3v) is 7.03. The van der Waals surface area contributed by atoms with E-state index in [0.29, 0.717) is 5.25 Å². The molecule has 3 aromatic rings. The molecule has 1 saturated carbocycles. The molecule has 26 heavy (non-hydrogen) atoms. The van der Waals surface area contributed by atoms with Gasteiger partial charge in [0, 0.05) is 27.9 Å². The molecule has 4 rings (SSSR count). The number of benzene rings is 2. The maximum absolute atomic E-state index is 13.6. The van der Waals surface area contributed by atoms with Crippen molar-refractivity contribution in [2.24, 2.45) is 0 Å². The zero-order chi connectivity index (χ0) is 17.9. The largest absolute Gasteiger partial charge is 0.360 e. The molecule has 0 bridgehead atoms. The van der Waals surface area contributed by atoms with Crippen LogP contribution in [0.15, 0.2) is 54.7 Å². The molecular formula is C23H25NOS. The number of hydrogen-bond donors (Lipinski definition) is 1. The van der Waals surface area contributed by atoms with Gasteiger partial charge in [0.05, 0.1) is 5.25 Å². The summed E-state index contributed by atoms with van der Waals surface area (Å²) < 4.78 is 0. The van der Waals surface area contributed by atoms with Crippen LogP contribution in [0.5, 0.6) is 0 Å². The SMILES string of the molecule is CCc1cccc2c(C(=O)[C@H](SC3CCCC3)c3ccccc3)c[nH]c12. The number of ketones is 1. The summed E-state index contributed by atoms with van der Waals surface area (Å²) >= 11 is 1.87. The van der Waals surface area contributed by atoms with Gasteiger partial charge in [0.15, 0.2) is 5.78 Å². The first-order valence-corrected chi connectivity index (χ1v) is 10.6. The normalized spacial score (nSPS) is 16.2. The summed E-state index contributed by atoms with van der Waals surface area (Å²) in [5.74, 6) is 0.229. The number of carbonyl (C=O) groups is 1. The Labute approximate surface area is 159 Å². The number of fused-ring (bicyclic) bond motifs is 1. The molecule has 0 spiro atoms. The van der Waals surface area contributed by atoms with E-state index >= 15 is 0 Å². The molecule has 3 heteroatoms. The second-order valence-corrected chi connectivity index (χ2v) is 8.50. The van der Waals surface area contributed by atoms with Crippen molar-refractivity contribution in [3.63, 3.8) is 0 Å². The van der Waals surface area contributed by atoms with Crippen LogP contribution in [0.1, 0.15) is 59.3 Å². The fourth-order valence-corrected chi connectivity index (χ4v) is 5.55. The third kappa shape index (κ3) is 3.33. The Hall–Kier alpha value is -2.00. The minimum Gasteiger partial charge on any atom is -0.360 e. The van der Waals surface area contributed by atoms with E-state index < -0.39 is 0 Å². The number of carbonyl (C=O) groups excluding carboxylic acids is 1.